The molecule has 1 fully saturated rings. The van der Waals surface area contributed by atoms with Crippen LogP contribution in [0.1, 0.15) is 12.8 Å². The molecule has 1 atom stereocenters. The number of rotatable bonds is 4. The van der Waals surface area contributed by atoms with Gasteiger partial charge in [-0.15, -0.1) is 0 Å². The van der Waals surface area contributed by atoms with Crippen LogP contribution in [0.25, 0.3) is 11.0 Å². The number of imidazole rings is 1. The molecule has 0 radical (unpaired) electrons. The number of aromatic amines is 2. The fourth-order valence-electron chi connectivity index (χ4n) is 3.48. The summed E-state index contributed by atoms with van der Waals surface area (Å²) in [5.74, 6) is -1.32. The Morgan fingerprint density at radius 3 is 2.59 bits per heavy atom. The molecule has 1 aliphatic heterocycles. The van der Waals surface area contributed by atoms with Crippen molar-refractivity contribution in [3.8, 4) is 0 Å². The molecule has 8 nitrogen and oxygen atoms in total. The fraction of sp³-hybridized carbons (Fsp3) is 0.263. The van der Waals surface area contributed by atoms with E-state index in [1.165, 1.54) is 16.4 Å². The van der Waals surface area contributed by atoms with E-state index in [2.05, 4.69) is 15.3 Å². The topological polar surface area (TPSA) is 115 Å². The zero-order chi connectivity index (χ0) is 20.6. The molecule has 0 bridgehead atoms. The van der Waals surface area contributed by atoms with E-state index < -0.39 is 21.8 Å². The molecule has 2 aromatic carbocycles. The maximum absolute atomic E-state index is 13.1. The zero-order valence-electron chi connectivity index (χ0n) is 15.3. The fourth-order valence-corrected chi connectivity index (χ4v) is 5.01. The summed E-state index contributed by atoms with van der Waals surface area (Å²) in [5.41, 5.74) is 1.37. The number of sulfonamides is 1. The molecule has 152 valence electrons. The maximum Gasteiger partial charge on any atom is 0.323 e. The minimum atomic E-state index is -3.80. The zero-order valence-corrected chi connectivity index (χ0v) is 16.1. The van der Waals surface area contributed by atoms with Crippen LogP contribution in [0, 0.1) is 11.7 Å². The number of hydrogen-bond acceptors (Lipinski definition) is 4. The predicted octanol–water partition coefficient (Wildman–Crippen LogP) is 2.03. The second-order valence-electron chi connectivity index (χ2n) is 6.98. The lowest BCUT2D eigenvalue weighted by Gasteiger charge is -2.31. The first-order valence-corrected chi connectivity index (χ1v) is 10.6. The number of carbonyl (C=O) groups excluding carboxylic acids is 1. The van der Waals surface area contributed by atoms with Crippen molar-refractivity contribution in [1.82, 2.24) is 14.3 Å². The number of amides is 1. The lowest BCUT2D eigenvalue weighted by molar-refractivity contribution is -0.120. The highest BCUT2D eigenvalue weighted by Gasteiger charge is 2.33. The van der Waals surface area contributed by atoms with Gasteiger partial charge >= 0.3 is 5.69 Å². The smallest absolute Gasteiger partial charge is 0.323 e. The van der Waals surface area contributed by atoms with Gasteiger partial charge in [-0.25, -0.2) is 17.6 Å². The molecule has 0 spiro atoms. The Hall–Kier alpha value is -2.98. The van der Waals surface area contributed by atoms with Crippen molar-refractivity contribution in [3.05, 3.63) is 58.8 Å². The van der Waals surface area contributed by atoms with Crippen molar-refractivity contribution in [3.63, 3.8) is 0 Å². The van der Waals surface area contributed by atoms with Gasteiger partial charge < -0.3 is 15.3 Å². The van der Waals surface area contributed by atoms with Gasteiger partial charge in [0.05, 0.1) is 21.8 Å². The first-order valence-electron chi connectivity index (χ1n) is 9.11. The largest absolute Gasteiger partial charge is 0.326 e. The summed E-state index contributed by atoms with van der Waals surface area (Å²) in [6.45, 7) is 0.356. The molecule has 1 amide bonds. The first-order chi connectivity index (χ1) is 13.8. The summed E-state index contributed by atoms with van der Waals surface area (Å²) in [6, 6.07) is 9.63. The minimum absolute atomic E-state index is 0.00169. The van der Waals surface area contributed by atoms with E-state index in [9.17, 15) is 22.4 Å². The Balaban J connectivity index is 1.48. The van der Waals surface area contributed by atoms with E-state index in [-0.39, 0.29) is 23.0 Å². The van der Waals surface area contributed by atoms with Gasteiger partial charge in [0.25, 0.3) is 0 Å². The van der Waals surface area contributed by atoms with Crippen LogP contribution in [0.2, 0.25) is 0 Å². The Bertz CT molecular complexity index is 1220. The predicted molar refractivity (Wildman–Crippen MR) is 105 cm³/mol. The lowest BCUT2D eigenvalue weighted by Crippen LogP contribution is -2.43. The lowest BCUT2D eigenvalue weighted by atomic mass is 9.98. The minimum Gasteiger partial charge on any atom is -0.326 e. The average molecular weight is 418 g/mol. The van der Waals surface area contributed by atoms with Crippen LogP contribution in [0.5, 0.6) is 0 Å². The van der Waals surface area contributed by atoms with E-state index >= 15 is 0 Å². The van der Waals surface area contributed by atoms with E-state index in [4.69, 9.17) is 0 Å². The molecular formula is C19H19FN4O4S. The normalized spacial score (nSPS) is 18.0. The van der Waals surface area contributed by atoms with Crippen LogP contribution in [-0.2, 0) is 14.8 Å². The van der Waals surface area contributed by atoms with Crippen LogP contribution in [0.15, 0.2) is 52.2 Å². The van der Waals surface area contributed by atoms with Crippen molar-refractivity contribution in [2.75, 3.05) is 18.4 Å². The highest BCUT2D eigenvalue weighted by molar-refractivity contribution is 7.89. The highest BCUT2D eigenvalue weighted by Crippen LogP contribution is 2.25. The second kappa shape index (κ2) is 7.45. The van der Waals surface area contributed by atoms with E-state index in [1.807, 2.05) is 0 Å². The maximum atomic E-state index is 13.1. The molecule has 1 unspecified atom stereocenters. The molecule has 1 saturated heterocycles. The number of anilines is 1. The number of carbonyl (C=O) groups is 1. The number of benzene rings is 2. The van der Waals surface area contributed by atoms with Crippen LogP contribution in [-0.4, -0.2) is 41.7 Å². The number of hydrogen-bond donors (Lipinski definition) is 3. The number of fused-ring (bicyclic) bond motifs is 1. The summed E-state index contributed by atoms with van der Waals surface area (Å²) in [7, 11) is -3.80. The molecule has 0 aliphatic carbocycles. The molecule has 29 heavy (non-hydrogen) atoms. The van der Waals surface area contributed by atoms with Crippen molar-refractivity contribution in [1.29, 1.82) is 0 Å². The number of halogens is 1. The van der Waals surface area contributed by atoms with Gasteiger partial charge in [-0.2, -0.15) is 4.31 Å². The van der Waals surface area contributed by atoms with E-state index in [1.54, 1.807) is 18.2 Å². The number of aromatic nitrogens is 2. The Kier molecular flexibility index (Phi) is 4.97. The summed E-state index contributed by atoms with van der Waals surface area (Å²) in [4.78, 5) is 29.3. The standard InChI is InChI=1S/C19H19FN4O4S/c20-13-3-6-15(7-4-13)29(27,28)24-9-1-2-12(11-24)18(25)21-14-5-8-16-17(10-14)23-19(26)22-16/h3-8,10,12H,1-2,9,11H2,(H,21,25)(H2,22,23,26). The van der Waals surface area contributed by atoms with Gasteiger partial charge in [0, 0.05) is 18.8 Å². The average Bonchev–Trinajstić information content (AvgIpc) is 3.07. The molecule has 4 rings (SSSR count). The number of H-pyrrole nitrogens is 2. The van der Waals surface area contributed by atoms with Crippen LogP contribution in [0.3, 0.4) is 0 Å². The van der Waals surface area contributed by atoms with Crippen molar-refractivity contribution >= 4 is 32.7 Å². The second-order valence-corrected chi connectivity index (χ2v) is 8.92. The van der Waals surface area contributed by atoms with Gasteiger partial charge in [-0.1, -0.05) is 0 Å². The van der Waals surface area contributed by atoms with Gasteiger partial charge in [-0.3, -0.25) is 4.79 Å². The third-order valence-electron chi connectivity index (χ3n) is 4.99. The number of piperidine rings is 1. The molecule has 3 aromatic rings. The summed E-state index contributed by atoms with van der Waals surface area (Å²) >= 11 is 0. The monoisotopic (exact) mass is 418 g/mol. The molecule has 0 saturated carbocycles. The van der Waals surface area contributed by atoms with Crippen LogP contribution >= 0.6 is 0 Å². The summed E-state index contributed by atoms with van der Waals surface area (Å²) in [5, 5.41) is 2.79. The van der Waals surface area contributed by atoms with Crippen molar-refractivity contribution in [2.24, 2.45) is 5.92 Å². The molecule has 10 heteroatoms. The van der Waals surface area contributed by atoms with Crippen molar-refractivity contribution in [2.45, 2.75) is 17.7 Å². The highest BCUT2D eigenvalue weighted by atomic mass is 32.2. The number of nitrogens with zero attached hydrogens (tertiary/aromatic N) is 1. The molecular weight excluding hydrogens is 399 g/mol. The summed E-state index contributed by atoms with van der Waals surface area (Å²) in [6.07, 6.45) is 1.10. The van der Waals surface area contributed by atoms with E-state index in [0.717, 1.165) is 12.1 Å². The van der Waals surface area contributed by atoms with Gasteiger partial charge in [0.2, 0.25) is 15.9 Å². The molecule has 3 N–H and O–H groups in total. The third-order valence-corrected chi connectivity index (χ3v) is 6.87. The Labute approximate surface area is 165 Å². The Morgan fingerprint density at radius 2 is 1.83 bits per heavy atom. The SMILES string of the molecule is O=C(Nc1ccc2[nH]c(=O)[nH]c2c1)C1CCCN(S(=O)(=O)c2ccc(F)cc2)C1. The van der Waals surface area contributed by atoms with Gasteiger partial charge in [-0.05, 0) is 55.3 Å². The van der Waals surface area contributed by atoms with Crippen molar-refractivity contribution < 1.29 is 17.6 Å². The first kappa shape index (κ1) is 19.3. The molecule has 1 aromatic heterocycles. The number of nitrogens with one attached hydrogen (secondary N) is 3. The van der Waals surface area contributed by atoms with Gasteiger partial charge in [0.15, 0.2) is 0 Å². The van der Waals surface area contributed by atoms with E-state index in [0.29, 0.717) is 36.1 Å². The Morgan fingerprint density at radius 1 is 1.10 bits per heavy atom. The van der Waals surface area contributed by atoms with Crippen LogP contribution in [0.4, 0.5) is 10.1 Å². The quantitative estimate of drug-likeness (QED) is 0.601. The molecule has 1 aliphatic rings. The van der Waals surface area contributed by atoms with Gasteiger partial charge in [0.1, 0.15) is 5.82 Å². The summed E-state index contributed by atoms with van der Waals surface area (Å²) < 4.78 is 40.0. The third kappa shape index (κ3) is 3.94. The molecule has 2 heterocycles. The van der Waals surface area contributed by atoms with Crippen LogP contribution < -0.4 is 11.0 Å².